The molecule has 0 radical (unpaired) electrons. The van der Waals surface area contributed by atoms with Crippen LogP contribution in [0.1, 0.15) is 31.1 Å². The van der Waals surface area contributed by atoms with Gasteiger partial charge in [0.25, 0.3) is 0 Å². The third-order valence-electron chi connectivity index (χ3n) is 3.93. The molecule has 1 fully saturated rings. The second kappa shape index (κ2) is 6.38. The summed E-state index contributed by atoms with van der Waals surface area (Å²) in [5.41, 5.74) is 5.46. The first-order valence-corrected chi connectivity index (χ1v) is 11.7. The largest absolute Gasteiger partial charge is 0.497 e. The normalized spacial score (nSPS) is 18.5. The lowest BCUT2D eigenvalue weighted by Crippen LogP contribution is -2.19. The smallest absolute Gasteiger partial charge is 0.150 e. The zero-order valence-electron chi connectivity index (χ0n) is 14.3. The summed E-state index contributed by atoms with van der Waals surface area (Å²) in [4.78, 5) is 0. The van der Waals surface area contributed by atoms with Crippen molar-refractivity contribution >= 4 is 19.0 Å². The number of benzene rings is 1. The van der Waals surface area contributed by atoms with Gasteiger partial charge in [-0.25, -0.2) is 4.68 Å². The van der Waals surface area contributed by atoms with Gasteiger partial charge in [0.05, 0.1) is 18.8 Å². The van der Waals surface area contributed by atoms with Gasteiger partial charge in [-0.05, 0) is 25.3 Å². The molecule has 1 aromatic heterocycles. The fraction of sp³-hybridized carbons (Fsp3) is 0.500. The van der Waals surface area contributed by atoms with Gasteiger partial charge >= 0.3 is 0 Å². The van der Waals surface area contributed by atoms with E-state index in [-0.39, 0.29) is 6.23 Å². The molecule has 23 heavy (non-hydrogen) atoms. The topological polar surface area (TPSA) is 36.3 Å². The van der Waals surface area contributed by atoms with Gasteiger partial charge in [-0.3, -0.25) is 0 Å². The van der Waals surface area contributed by atoms with E-state index in [1.165, 1.54) is 6.42 Å². The Morgan fingerprint density at radius 3 is 2.78 bits per heavy atom. The molecule has 3 rings (SSSR count). The molecule has 0 bridgehead atoms. The maximum absolute atomic E-state index is 5.89. The summed E-state index contributed by atoms with van der Waals surface area (Å²) in [6.45, 7) is 7.54. The van der Waals surface area contributed by atoms with Crippen LogP contribution >= 0.6 is 0 Å². The molecule has 1 aliphatic heterocycles. The lowest BCUT2D eigenvalue weighted by atomic mass is 10.1. The van der Waals surface area contributed by atoms with Crippen molar-refractivity contribution in [2.45, 2.75) is 45.1 Å². The molecular weight excluding hydrogens is 304 g/mol. The van der Waals surface area contributed by atoms with E-state index in [0.717, 1.165) is 41.7 Å². The summed E-state index contributed by atoms with van der Waals surface area (Å²) >= 11 is 0. The number of fused-ring (bicyclic) bond motifs is 1. The van der Waals surface area contributed by atoms with E-state index in [2.05, 4.69) is 36.2 Å². The van der Waals surface area contributed by atoms with Crippen molar-refractivity contribution in [1.29, 1.82) is 0 Å². The van der Waals surface area contributed by atoms with Gasteiger partial charge in [0.1, 0.15) is 13.8 Å². The van der Waals surface area contributed by atoms with Crippen molar-refractivity contribution in [2.75, 3.05) is 13.7 Å². The molecule has 0 N–H and O–H groups in total. The van der Waals surface area contributed by atoms with Crippen LogP contribution in [0.25, 0.3) is 10.9 Å². The number of nitrogens with zero attached hydrogens (tertiary/aromatic N) is 2. The molecule has 0 saturated carbocycles. The Balaban J connectivity index is 2.10. The molecule has 0 aliphatic carbocycles. The van der Waals surface area contributed by atoms with Crippen LogP contribution in [0, 0.1) is 11.5 Å². The van der Waals surface area contributed by atoms with Crippen molar-refractivity contribution in [3.8, 4) is 17.2 Å². The molecule has 1 unspecified atom stereocenters. The number of hydrogen-bond acceptors (Lipinski definition) is 3. The summed E-state index contributed by atoms with van der Waals surface area (Å²) in [6, 6.07) is 4.03. The molecule has 1 saturated heterocycles. The Morgan fingerprint density at radius 1 is 1.30 bits per heavy atom. The van der Waals surface area contributed by atoms with Gasteiger partial charge in [0, 0.05) is 23.6 Å². The fourth-order valence-corrected chi connectivity index (χ4v) is 3.25. The fourth-order valence-electron chi connectivity index (χ4n) is 2.74. The first kappa shape index (κ1) is 16.1. The number of aromatic nitrogens is 2. The van der Waals surface area contributed by atoms with Crippen LogP contribution in [0.15, 0.2) is 18.3 Å². The van der Waals surface area contributed by atoms with E-state index in [1.54, 1.807) is 7.11 Å². The molecule has 2 heterocycles. The number of methoxy groups -OCH3 is 1. The molecule has 0 spiro atoms. The minimum Gasteiger partial charge on any atom is -0.497 e. The average Bonchev–Trinajstić information content (AvgIpc) is 2.96. The Bertz CT molecular complexity index is 759. The van der Waals surface area contributed by atoms with E-state index in [1.807, 2.05) is 23.0 Å². The lowest BCUT2D eigenvalue weighted by Gasteiger charge is -2.23. The summed E-state index contributed by atoms with van der Waals surface area (Å²) < 4.78 is 13.3. The first-order valence-electron chi connectivity index (χ1n) is 8.18. The second-order valence-electron chi connectivity index (χ2n) is 7.02. The highest BCUT2D eigenvalue weighted by atomic mass is 28.3. The maximum atomic E-state index is 5.89. The Labute approximate surface area is 138 Å². The predicted molar refractivity (Wildman–Crippen MR) is 95.3 cm³/mol. The van der Waals surface area contributed by atoms with Gasteiger partial charge in [0.2, 0.25) is 0 Å². The number of rotatable bonds is 2. The second-order valence-corrected chi connectivity index (χ2v) is 11.8. The van der Waals surface area contributed by atoms with E-state index >= 15 is 0 Å². The zero-order valence-corrected chi connectivity index (χ0v) is 15.3. The van der Waals surface area contributed by atoms with Crippen molar-refractivity contribution < 1.29 is 9.47 Å². The van der Waals surface area contributed by atoms with Crippen LogP contribution in [-0.4, -0.2) is 31.6 Å². The lowest BCUT2D eigenvalue weighted by molar-refractivity contribution is -0.0366. The summed E-state index contributed by atoms with van der Waals surface area (Å²) in [5.74, 6) is 4.17. The highest BCUT2D eigenvalue weighted by Crippen LogP contribution is 2.30. The number of ether oxygens (including phenoxy) is 2. The molecular formula is C18H24N2O2Si. The van der Waals surface area contributed by atoms with Crippen molar-refractivity contribution in [3.05, 3.63) is 23.9 Å². The van der Waals surface area contributed by atoms with E-state index in [0.29, 0.717) is 0 Å². The third-order valence-corrected chi connectivity index (χ3v) is 4.80. The molecule has 1 aliphatic rings. The van der Waals surface area contributed by atoms with Crippen LogP contribution in [-0.2, 0) is 4.74 Å². The minimum absolute atomic E-state index is 0.0196. The summed E-state index contributed by atoms with van der Waals surface area (Å²) in [5, 5.41) is 5.65. The van der Waals surface area contributed by atoms with E-state index in [9.17, 15) is 0 Å². The van der Waals surface area contributed by atoms with Gasteiger partial charge in [-0.15, -0.1) is 5.54 Å². The molecule has 4 nitrogen and oxygen atoms in total. The number of hydrogen-bond donors (Lipinski definition) is 0. The summed E-state index contributed by atoms with van der Waals surface area (Å²) in [6.07, 6.45) is 5.24. The highest BCUT2D eigenvalue weighted by molar-refractivity contribution is 6.83. The SMILES string of the molecule is COc1cc(C#C[Si](C)(C)C)c2cnn(C3CCCCO3)c2c1. The van der Waals surface area contributed by atoms with Crippen molar-refractivity contribution in [3.63, 3.8) is 0 Å². The van der Waals surface area contributed by atoms with Gasteiger partial charge in [-0.2, -0.15) is 5.10 Å². The van der Waals surface area contributed by atoms with Crippen molar-refractivity contribution in [1.82, 2.24) is 9.78 Å². The Morgan fingerprint density at radius 2 is 2.13 bits per heavy atom. The monoisotopic (exact) mass is 328 g/mol. The van der Waals surface area contributed by atoms with Crippen molar-refractivity contribution in [2.24, 2.45) is 0 Å². The van der Waals surface area contributed by atoms with Crippen LogP contribution in [0.4, 0.5) is 0 Å². The Hall–Kier alpha value is -1.77. The van der Waals surface area contributed by atoms with E-state index in [4.69, 9.17) is 9.47 Å². The molecule has 122 valence electrons. The van der Waals surface area contributed by atoms with Crippen LogP contribution in [0.3, 0.4) is 0 Å². The van der Waals surface area contributed by atoms with Crippen LogP contribution in [0.5, 0.6) is 5.75 Å². The molecule has 2 aromatic rings. The van der Waals surface area contributed by atoms with Crippen LogP contribution in [0.2, 0.25) is 19.6 Å². The zero-order chi connectivity index (χ0) is 16.4. The Kier molecular flexibility index (Phi) is 4.47. The quantitative estimate of drug-likeness (QED) is 0.618. The standard InChI is InChI=1S/C18H24N2O2Si/c1-21-15-11-14(8-10-23(2,3)4)16-13-19-20(17(16)12-15)18-7-5-6-9-22-18/h11-13,18H,5-7,9H2,1-4H3. The molecule has 5 heteroatoms. The summed E-state index contributed by atoms with van der Waals surface area (Å²) in [7, 11) is 0.255. The first-order chi connectivity index (χ1) is 11.0. The highest BCUT2D eigenvalue weighted by Gasteiger charge is 2.20. The van der Waals surface area contributed by atoms with Gasteiger partial charge < -0.3 is 9.47 Å². The minimum atomic E-state index is -1.43. The molecule has 1 atom stereocenters. The van der Waals surface area contributed by atoms with Gasteiger partial charge in [0.15, 0.2) is 6.23 Å². The predicted octanol–water partition coefficient (Wildman–Crippen LogP) is 3.97. The maximum Gasteiger partial charge on any atom is 0.150 e. The third kappa shape index (κ3) is 3.60. The van der Waals surface area contributed by atoms with Crippen LogP contribution < -0.4 is 4.74 Å². The van der Waals surface area contributed by atoms with E-state index < -0.39 is 8.07 Å². The average molecular weight is 328 g/mol. The van der Waals surface area contributed by atoms with Gasteiger partial charge in [-0.1, -0.05) is 25.6 Å². The molecule has 1 aromatic carbocycles. The molecule has 0 amide bonds.